The molecule has 0 heterocycles. The number of carboxylic acids is 1. The van der Waals surface area contributed by atoms with Crippen LogP contribution in [0.15, 0.2) is 42.0 Å². The van der Waals surface area contributed by atoms with E-state index in [9.17, 15) is 4.79 Å². The van der Waals surface area contributed by atoms with Crippen LogP contribution in [0.2, 0.25) is 0 Å². The van der Waals surface area contributed by atoms with Crippen LogP contribution in [0.1, 0.15) is 77.5 Å². The summed E-state index contributed by atoms with van der Waals surface area (Å²) < 4.78 is 0. The van der Waals surface area contributed by atoms with Gasteiger partial charge in [0.25, 0.3) is 0 Å². The van der Waals surface area contributed by atoms with Crippen molar-refractivity contribution in [1.82, 2.24) is 0 Å². The highest BCUT2D eigenvalue weighted by Gasteiger charge is 2.50. The first-order valence-corrected chi connectivity index (χ1v) is 9.71. The molecule has 0 aliphatic heterocycles. The Bertz CT molecular complexity index is 794. The van der Waals surface area contributed by atoms with Crippen LogP contribution < -0.4 is 0 Å². The van der Waals surface area contributed by atoms with Crippen LogP contribution >= 0.6 is 0 Å². The van der Waals surface area contributed by atoms with E-state index in [-0.39, 0.29) is 16.2 Å². The van der Waals surface area contributed by atoms with Gasteiger partial charge in [-0.2, -0.15) is 0 Å². The first-order valence-electron chi connectivity index (χ1n) is 9.71. The van der Waals surface area contributed by atoms with Gasteiger partial charge in [0.2, 0.25) is 0 Å². The Labute approximate surface area is 158 Å². The molecular formula is C24H32O2. The van der Waals surface area contributed by atoms with Crippen molar-refractivity contribution in [1.29, 1.82) is 0 Å². The summed E-state index contributed by atoms with van der Waals surface area (Å²) in [5.41, 5.74) is 5.91. The lowest BCUT2D eigenvalue weighted by Gasteiger charge is -2.42. The molecule has 140 valence electrons. The molecule has 3 rings (SSSR count). The molecule has 1 aromatic carbocycles. The van der Waals surface area contributed by atoms with Gasteiger partial charge in [-0.05, 0) is 70.6 Å². The van der Waals surface area contributed by atoms with E-state index in [1.807, 2.05) is 13.0 Å². The number of benzene rings is 1. The molecule has 0 unspecified atom stereocenters. The molecule has 2 aliphatic rings. The molecule has 1 fully saturated rings. The van der Waals surface area contributed by atoms with Crippen LogP contribution in [0.4, 0.5) is 0 Å². The van der Waals surface area contributed by atoms with Gasteiger partial charge < -0.3 is 5.11 Å². The highest BCUT2D eigenvalue weighted by molar-refractivity contribution is 5.81. The van der Waals surface area contributed by atoms with Crippen LogP contribution in [0.3, 0.4) is 0 Å². The molecule has 0 bridgehead atoms. The normalized spacial score (nSPS) is 29.5. The minimum absolute atomic E-state index is 0.173. The summed E-state index contributed by atoms with van der Waals surface area (Å²) in [6.45, 7) is 13.6. The second-order valence-electron chi connectivity index (χ2n) is 9.84. The number of fused-ring (bicyclic) bond motifs is 1. The Morgan fingerprint density at radius 2 is 1.69 bits per heavy atom. The van der Waals surface area contributed by atoms with Gasteiger partial charge in [0, 0.05) is 6.08 Å². The van der Waals surface area contributed by atoms with E-state index in [1.165, 1.54) is 35.6 Å². The van der Waals surface area contributed by atoms with Gasteiger partial charge in [-0.3, -0.25) is 0 Å². The lowest BCUT2D eigenvalue weighted by atomic mass is 9.62. The van der Waals surface area contributed by atoms with E-state index in [0.717, 1.165) is 12.0 Å². The summed E-state index contributed by atoms with van der Waals surface area (Å²) >= 11 is 0. The Hall–Kier alpha value is -1.83. The zero-order chi connectivity index (χ0) is 19.3. The van der Waals surface area contributed by atoms with Crippen LogP contribution in [0.25, 0.3) is 0 Å². The Morgan fingerprint density at radius 1 is 1.08 bits per heavy atom. The van der Waals surface area contributed by atoms with Gasteiger partial charge in [0.05, 0.1) is 0 Å². The van der Waals surface area contributed by atoms with Crippen molar-refractivity contribution in [2.75, 3.05) is 0 Å². The van der Waals surface area contributed by atoms with Crippen molar-refractivity contribution in [2.45, 2.75) is 77.0 Å². The van der Waals surface area contributed by atoms with Crippen molar-refractivity contribution >= 4 is 5.97 Å². The summed E-state index contributed by atoms with van der Waals surface area (Å²) in [6.07, 6.45) is 9.00. The Kier molecular flexibility index (Phi) is 4.45. The lowest BCUT2D eigenvalue weighted by Crippen LogP contribution is -2.34. The van der Waals surface area contributed by atoms with E-state index >= 15 is 0 Å². The number of allylic oxidation sites excluding steroid dienone is 3. The number of rotatable bonds is 4. The van der Waals surface area contributed by atoms with Crippen molar-refractivity contribution in [2.24, 2.45) is 5.92 Å². The maximum absolute atomic E-state index is 10.8. The van der Waals surface area contributed by atoms with Crippen LogP contribution in [-0.2, 0) is 21.0 Å². The molecule has 0 aromatic heterocycles. The quantitative estimate of drug-likeness (QED) is 0.541. The predicted octanol–water partition coefficient (Wildman–Crippen LogP) is 5.90. The van der Waals surface area contributed by atoms with E-state index < -0.39 is 5.97 Å². The fourth-order valence-corrected chi connectivity index (χ4v) is 4.46. The zero-order valence-corrected chi connectivity index (χ0v) is 17.0. The SMILES string of the molecule is CC(=CC(=O)O)/C=C/[C@@H]1C[C@]1(C)c1ccc2c(c1)C(C)(C)CCC2(C)C. The first-order chi connectivity index (χ1) is 12.0. The van der Waals surface area contributed by atoms with Gasteiger partial charge in [-0.1, -0.05) is 65.0 Å². The number of hydrogen-bond acceptors (Lipinski definition) is 1. The standard InChI is InChI=1S/C24H32O2/c1-16(13-21(25)26)7-8-18-15-24(18,6)17-9-10-19-20(14-17)23(4,5)12-11-22(19,2)3/h7-10,13-14,18H,11-12,15H2,1-6H3,(H,25,26)/b8-7+,16-13?/t18-,24-/m1/s1. The van der Waals surface area contributed by atoms with Gasteiger partial charge in [0.15, 0.2) is 0 Å². The molecule has 2 heteroatoms. The molecule has 1 aromatic rings. The molecule has 2 nitrogen and oxygen atoms in total. The molecule has 0 spiro atoms. The third-order valence-corrected chi connectivity index (χ3v) is 6.76. The molecular weight excluding hydrogens is 320 g/mol. The van der Waals surface area contributed by atoms with Gasteiger partial charge >= 0.3 is 5.97 Å². The monoisotopic (exact) mass is 352 g/mol. The van der Waals surface area contributed by atoms with E-state index in [0.29, 0.717) is 5.92 Å². The maximum atomic E-state index is 10.8. The highest BCUT2D eigenvalue weighted by atomic mass is 16.4. The average molecular weight is 353 g/mol. The van der Waals surface area contributed by atoms with Crippen LogP contribution in [-0.4, -0.2) is 11.1 Å². The molecule has 1 N–H and O–H groups in total. The van der Waals surface area contributed by atoms with Crippen LogP contribution in [0.5, 0.6) is 0 Å². The fourth-order valence-electron chi connectivity index (χ4n) is 4.46. The second kappa shape index (κ2) is 6.11. The van der Waals surface area contributed by atoms with Crippen molar-refractivity contribution in [3.8, 4) is 0 Å². The third-order valence-electron chi connectivity index (χ3n) is 6.76. The Morgan fingerprint density at radius 3 is 2.31 bits per heavy atom. The number of hydrogen-bond donors (Lipinski definition) is 1. The number of aliphatic carboxylic acids is 1. The molecule has 0 amide bonds. The third kappa shape index (κ3) is 3.39. The molecule has 2 aliphatic carbocycles. The molecule has 26 heavy (non-hydrogen) atoms. The topological polar surface area (TPSA) is 37.3 Å². The predicted molar refractivity (Wildman–Crippen MR) is 108 cm³/mol. The fraction of sp³-hybridized carbons (Fsp3) is 0.542. The van der Waals surface area contributed by atoms with E-state index in [1.54, 1.807) is 0 Å². The number of carbonyl (C=O) groups is 1. The summed E-state index contributed by atoms with van der Waals surface area (Å²) in [7, 11) is 0. The first kappa shape index (κ1) is 18.9. The maximum Gasteiger partial charge on any atom is 0.328 e. The minimum Gasteiger partial charge on any atom is -0.478 e. The van der Waals surface area contributed by atoms with E-state index in [4.69, 9.17) is 5.11 Å². The summed E-state index contributed by atoms with van der Waals surface area (Å²) in [5, 5.41) is 8.84. The largest absolute Gasteiger partial charge is 0.478 e. The summed E-state index contributed by atoms with van der Waals surface area (Å²) in [6, 6.07) is 7.16. The molecule has 2 atom stereocenters. The highest BCUT2D eigenvalue weighted by Crippen LogP contribution is 2.56. The molecule has 0 radical (unpaired) electrons. The number of carboxylic acid groups (broad SMARTS) is 1. The Balaban J connectivity index is 1.88. The zero-order valence-electron chi connectivity index (χ0n) is 17.0. The smallest absolute Gasteiger partial charge is 0.328 e. The summed E-state index contributed by atoms with van der Waals surface area (Å²) in [5.74, 6) is -0.400. The second-order valence-corrected chi connectivity index (χ2v) is 9.84. The van der Waals surface area contributed by atoms with Crippen molar-refractivity contribution in [3.05, 3.63) is 58.7 Å². The van der Waals surface area contributed by atoms with Crippen molar-refractivity contribution in [3.63, 3.8) is 0 Å². The van der Waals surface area contributed by atoms with E-state index in [2.05, 4.69) is 58.9 Å². The average Bonchev–Trinajstić information content (AvgIpc) is 3.21. The summed E-state index contributed by atoms with van der Waals surface area (Å²) in [4.78, 5) is 10.8. The van der Waals surface area contributed by atoms with Gasteiger partial charge in [-0.25, -0.2) is 4.79 Å². The van der Waals surface area contributed by atoms with Crippen molar-refractivity contribution < 1.29 is 9.90 Å². The minimum atomic E-state index is -0.884. The molecule has 0 saturated heterocycles. The lowest BCUT2D eigenvalue weighted by molar-refractivity contribution is -0.131. The molecule has 1 saturated carbocycles. The van der Waals surface area contributed by atoms with Crippen LogP contribution in [0, 0.1) is 5.92 Å². The van der Waals surface area contributed by atoms with Gasteiger partial charge in [-0.15, -0.1) is 0 Å². The van der Waals surface area contributed by atoms with Gasteiger partial charge in [0.1, 0.15) is 0 Å².